The van der Waals surface area contributed by atoms with Gasteiger partial charge in [0.1, 0.15) is 11.9 Å². The Balaban J connectivity index is 1.62. The molecule has 2 N–H and O–H groups in total. The van der Waals surface area contributed by atoms with E-state index in [0.717, 1.165) is 30.7 Å². The highest BCUT2D eigenvalue weighted by atomic mass is 16.5. The van der Waals surface area contributed by atoms with E-state index in [1.54, 1.807) is 36.0 Å². The molecule has 2 amide bonds. The molecule has 0 aliphatic carbocycles. The molecule has 136 valence electrons. The minimum Gasteiger partial charge on any atom is -0.372 e. The molecule has 2 heterocycles. The first kappa shape index (κ1) is 17.9. The van der Waals surface area contributed by atoms with Gasteiger partial charge in [0.05, 0.1) is 5.69 Å². The van der Waals surface area contributed by atoms with Crippen molar-refractivity contribution in [2.24, 2.45) is 7.05 Å². The molecule has 1 fully saturated rings. The third-order valence-corrected chi connectivity index (χ3v) is 4.27. The number of nitrogens with zero attached hydrogens (tertiary/aromatic N) is 2. The van der Waals surface area contributed by atoms with Crippen LogP contribution in [0.15, 0.2) is 43.0 Å². The zero-order valence-electron chi connectivity index (χ0n) is 14.7. The zero-order valence-corrected chi connectivity index (χ0v) is 14.7. The third kappa shape index (κ3) is 4.18. The van der Waals surface area contributed by atoms with Crippen molar-refractivity contribution >= 4 is 17.6 Å². The Morgan fingerprint density at radius 1 is 1.38 bits per heavy atom. The van der Waals surface area contributed by atoms with Crippen molar-refractivity contribution in [2.75, 3.05) is 11.9 Å². The summed E-state index contributed by atoms with van der Waals surface area (Å²) in [5.41, 5.74) is 2.27. The second-order valence-electron chi connectivity index (χ2n) is 6.15. The molecule has 2 aromatic rings. The van der Waals surface area contributed by atoms with Gasteiger partial charge in [0.2, 0.25) is 5.91 Å². The molecule has 1 aliphatic heterocycles. The summed E-state index contributed by atoms with van der Waals surface area (Å²) in [6.07, 6.45) is 3.22. The molecule has 26 heavy (non-hydrogen) atoms. The largest absolute Gasteiger partial charge is 0.372 e. The Bertz CT molecular complexity index is 805. The normalized spacial score (nSPS) is 16.3. The van der Waals surface area contributed by atoms with E-state index < -0.39 is 0 Å². The highest BCUT2D eigenvalue weighted by molar-refractivity contribution is 6.03. The Labute approximate surface area is 152 Å². The van der Waals surface area contributed by atoms with Crippen molar-refractivity contribution in [1.29, 1.82) is 0 Å². The van der Waals surface area contributed by atoms with Gasteiger partial charge in [0, 0.05) is 31.8 Å². The molecule has 0 radical (unpaired) electrons. The molecular weight excluding hydrogens is 332 g/mol. The quantitative estimate of drug-likeness (QED) is 0.780. The summed E-state index contributed by atoms with van der Waals surface area (Å²) in [6, 6.07) is 8.91. The molecule has 1 unspecified atom stereocenters. The summed E-state index contributed by atoms with van der Waals surface area (Å²) >= 11 is 0. The van der Waals surface area contributed by atoms with Crippen LogP contribution in [0.25, 0.3) is 0 Å². The van der Waals surface area contributed by atoms with E-state index in [1.165, 1.54) is 6.08 Å². The average Bonchev–Trinajstić information content (AvgIpc) is 3.30. The highest BCUT2D eigenvalue weighted by Gasteiger charge is 2.22. The first-order valence-electron chi connectivity index (χ1n) is 8.53. The summed E-state index contributed by atoms with van der Waals surface area (Å²) in [5, 5.41) is 10.00. The maximum Gasteiger partial charge on any atom is 0.256 e. The van der Waals surface area contributed by atoms with E-state index in [2.05, 4.69) is 22.3 Å². The number of carbonyl (C=O) groups excluding carboxylic acids is 2. The monoisotopic (exact) mass is 354 g/mol. The summed E-state index contributed by atoms with van der Waals surface area (Å²) in [4.78, 5) is 23.6. The van der Waals surface area contributed by atoms with Gasteiger partial charge in [-0.05, 0) is 36.6 Å². The lowest BCUT2D eigenvalue weighted by atomic mass is 10.1. The fraction of sp³-hybridized carbons (Fsp3) is 0.316. The molecule has 7 heteroatoms. The molecule has 0 saturated carbocycles. The van der Waals surface area contributed by atoms with Gasteiger partial charge in [-0.1, -0.05) is 18.7 Å². The molecule has 1 aromatic carbocycles. The Morgan fingerprint density at radius 3 is 2.81 bits per heavy atom. The number of anilines is 1. The number of benzene rings is 1. The van der Waals surface area contributed by atoms with E-state index in [1.807, 2.05) is 6.07 Å². The van der Waals surface area contributed by atoms with Crippen LogP contribution in [0.3, 0.4) is 0 Å². The van der Waals surface area contributed by atoms with Gasteiger partial charge in [0.15, 0.2) is 0 Å². The van der Waals surface area contributed by atoms with Crippen molar-refractivity contribution in [3.63, 3.8) is 0 Å². The predicted molar refractivity (Wildman–Crippen MR) is 97.6 cm³/mol. The number of carbonyl (C=O) groups is 2. The molecule has 1 aliphatic rings. The van der Waals surface area contributed by atoms with E-state index in [0.29, 0.717) is 17.9 Å². The van der Waals surface area contributed by atoms with Crippen LogP contribution in [0.2, 0.25) is 0 Å². The van der Waals surface area contributed by atoms with E-state index in [9.17, 15) is 9.59 Å². The van der Waals surface area contributed by atoms with Crippen molar-refractivity contribution in [3.8, 4) is 0 Å². The summed E-state index contributed by atoms with van der Waals surface area (Å²) in [5.74, 6) is 0.182. The zero-order chi connectivity index (χ0) is 18.5. The van der Waals surface area contributed by atoms with Gasteiger partial charge in [-0.15, -0.1) is 0 Å². The van der Waals surface area contributed by atoms with Gasteiger partial charge in [0.25, 0.3) is 5.91 Å². The van der Waals surface area contributed by atoms with Gasteiger partial charge >= 0.3 is 0 Å². The molecule has 1 saturated heterocycles. The lowest BCUT2D eigenvalue weighted by Crippen LogP contribution is -2.20. The average molecular weight is 354 g/mol. The van der Waals surface area contributed by atoms with Gasteiger partial charge in [-0.3, -0.25) is 14.3 Å². The van der Waals surface area contributed by atoms with Crippen LogP contribution in [-0.4, -0.2) is 28.2 Å². The summed E-state index contributed by atoms with van der Waals surface area (Å²) in [6.45, 7) is 4.54. The molecule has 3 rings (SSSR count). The smallest absolute Gasteiger partial charge is 0.256 e. The number of rotatable bonds is 6. The number of aryl methyl sites for hydroxylation is 1. The van der Waals surface area contributed by atoms with E-state index >= 15 is 0 Å². The summed E-state index contributed by atoms with van der Waals surface area (Å²) < 4.78 is 7.28. The lowest BCUT2D eigenvalue weighted by Gasteiger charge is -2.07. The number of aromatic nitrogens is 2. The fourth-order valence-electron chi connectivity index (χ4n) is 2.80. The minimum atomic E-state index is -0.231. The van der Waals surface area contributed by atoms with E-state index in [4.69, 9.17) is 4.74 Å². The van der Waals surface area contributed by atoms with Crippen LogP contribution in [0, 0.1) is 0 Å². The second-order valence-corrected chi connectivity index (χ2v) is 6.15. The van der Waals surface area contributed by atoms with Crippen LogP contribution >= 0.6 is 0 Å². The number of amides is 2. The number of ether oxygens (including phenoxy) is 1. The standard InChI is InChI=1S/C19H22N4O3/c1-3-18(24)20-12-13-6-8-14(9-7-13)19(25)21-17-11-15(22-23(17)2)16-5-4-10-26-16/h3,6-9,11,16H,1,4-5,10,12H2,2H3,(H,20,24)(H,21,25). The highest BCUT2D eigenvalue weighted by Crippen LogP contribution is 2.29. The number of hydrogen-bond donors (Lipinski definition) is 2. The van der Waals surface area contributed by atoms with Gasteiger partial charge < -0.3 is 15.4 Å². The van der Waals surface area contributed by atoms with Crippen LogP contribution in [0.5, 0.6) is 0 Å². The van der Waals surface area contributed by atoms with Crippen LogP contribution < -0.4 is 10.6 Å². The van der Waals surface area contributed by atoms with Gasteiger partial charge in [-0.25, -0.2) is 0 Å². The molecule has 0 spiro atoms. The van der Waals surface area contributed by atoms with Crippen LogP contribution in [0.1, 0.15) is 40.6 Å². The Morgan fingerprint density at radius 2 is 2.15 bits per heavy atom. The maximum absolute atomic E-state index is 12.5. The third-order valence-electron chi connectivity index (χ3n) is 4.27. The molecule has 1 aromatic heterocycles. The van der Waals surface area contributed by atoms with Gasteiger partial charge in [-0.2, -0.15) is 5.10 Å². The van der Waals surface area contributed by atoms with Crippen molar-refractivity contribution < 1.29 is 14.3 Å². The van der Waals surface area contributed by atoms with Crippen molar-refractivity contribution in [1.82, 2.24) is 15.1 Å². The first-order valence-corrected chi connectivity index (χ1v) is 8.53. The molecular formula is C19H22N4O3. The van der Waals surface area contributed by atoms with Crippen molar-refractivity contribution in [3.05, 3.63) is 59.8 Å². The first-order chi connectivity index (χ1) is 12.6. The van der Waals surface area contributed by atoms with Crippen LogP contribution in [0.4, 0.5) is 5.82 Å². The maximum atomic E-state index is 12.5. The number of nitrogens with one attached hydrogen (secondary N) is 2. The second kappa shape index (κ2) is 7.97. The molecule has 7 nitrogen and oxygen atoms in total. The minimum absolute atomic E-state index is 0.0110. The molecule has 1 atom stereocenters. The number of hydrogen-bond acceptors (Lipinski definition) is 4. The molecule has 0 bridgehead atoms. The van der Waals surface area contributed by atoms with Crippen LogP contribution in [-0.2, 0) is 23.1 Å². The Hall–Kier alpha value is -2.93. The predicted octanol–water partition coefficient (Wildman–Crippen LogP) is 2.33. The van der Waals surface area contributed by atoms with Crippen molar-refractivity contribution in [2.45, 2.75) is 25.5 Å². The lowest BCUT2D eigenvalue weighted by molar-refractivity contribution is -0.116. The van der Waals surface area contributed by atoms with E-state index in [-0.39, 0.29) is 17.9 Å². The topological polar surface area (TPSA) is 85.2 Å². The fourth-order valence-corrected chi connectivity index (χ4v) is 2.80. The summed E-state index contributed by atoms with van der Waals surface area (Å²) in [7, 11) is 1.79. The Kier molecular flexibility index (Phi) is 5.48. The SMILES string of the molecule is C=CC(=O)NCc1ccc(C(=O)Nc2cc(C3CCCO3)nn2C)cc1.